The van der Waals surface area contributed by atoms with Gasteiger partial charge in [-0.2, -0.15) is 0 Å². The van der Waals surface area contributed by atoms with Crippen LogP contribution in [-0.2, 0) is 9.53 Å². The smallest absolute Gasteiger partial charge is 0.234 e. The van der Waals surface area contributed by atoms with E-state index in [1.54, 1.807) is 19.6 Å². The van der Waals surface area contributed by atoms with Gasteiger partial charge in [0.05, 0.1) is 30.5 Å². The van der Waals surface area contributed by atoms with Crippen LogP contribution in [0.2, 0.25) is 0 Å². The van der Waals surface area contributed by atoms with E-state index in [-0.39, 0.29) is 24.6 Å². The molecule has 9 heteroatoms. The number of pyridine rings is 1. The molecule has 0 aliphatic carbocycles. The molecule has 1 fully saturated rings. The van der Waals surface area contributed by atoms with Crippen LogP contribution in [0.4, 0.5) is 5.82 Å². The van der Waals surface area contributed by atoms with E-state index < -0.39 is 12.3 Å². The van der Waals surface area contributed by atoms with E-state index >= 15 is 0 Å². The quantitative estimate of drug-likeness (QED) is 0.502. The molecule has 3 heterocycles. The molecule has 2 aromatic heterocycles. The summed E-state index contributed by atoms with van der Waals surface area (Å²) in [5, 5.41) is 19.1. The van der Waals surface area contributed by atoms with Crippen LogP contribution in [0.15, 0.2) is 18.6 Å². The second-order valence-corrected chi connectivity index (χ2v) is 5.87. The number of carbonyl (C=O) groups excluding carboxylic acids is 1. The van der Waals surface area contributed by atoms with Crippen LogP contribution in [0.25, 0.3) is 11.0 Å². The topological polar surface area (TPSA) is 124 Å². The van der Waals surface area contributed by atoms with Crippen molar-refractivity contribution in [1.29, 1.82) is 0 Å². The molecular weight excluding hydrogens is 312 g/mol. The molecule has 1 amide bonds. The predicted molar refractivity (Wildman–Crippen MR) is 88.3 cm³/mol. The first-order valence-corrected chi connectivity index (χ1v) is 7.90. The molecule has 9 nitrogen and oxygen atoms in total. The largest absolute Gasteiger partial charge is 0.388 e. The maximum Gasteiger partial charge on any atom is 0.234 e. The molecule has 130 valence electrons. The standard InChI is InChI=1S/C15H22N6O3/c1-8-10(20-12(23)6-16-2)5-11(22)15(24-8)21-14-13-9(3-4-17-14)18-7-19-13/h3-4,7-8,10-11,15-16,22H,5-6H2,1-2H3,(H,17,21)(H,18,19)(H,20,23)/t8-,10+,11+,15-/m0/s1. The van der Waals surface area contributed by atoms with Gasteiger partial charge < -0.3 is 30.8 Å². The molecular formula is C15H22N6O3. The van der Waals surface area contributed by atoms with Crippen LogP contribution in [0.1, 0.15) is 13.3 Å². The third kappa shape index (κ3) is 3.48. The van der Waals surface area contributed by atoms with E-state index in [1.165, 1.54) is 0 Å². The van der Waals surface area contributed by atoms with Gasteiger partial charge in [0.2, 0.25) is 5.91 Å². The highest BCUT2D eigenvalue weighted by atomic mass is 16.5. The number of anilines is 1. The molecule has 0 radical (unpaired) electrons. The van der Waals surface area contributed by atoms with Gasteiger partial charge in [-0.25, -0.2) is 9.97 Å². The fraction of sp³-hybridized carbons (Fsp3) is 0.533. The Labute approximate surface area is 139 Å². The third-order valence-corrected chi connectivity index (χ3v) is 4.07. The number of carbonyl (C=O) groups is 1. The summed E-state index contributed by atoms with van der Waals surface area (Å²) in [6.07, 6.45) is 1.99. The monoisotopic (exact) mass is 334 g/mol. The number of nitrogens with one attached hydrogen (secondary N) is 4. The van der Waals surface area contributed by atoms with E-state index in [0.717, 1.165) is 5.52 Å². The molecule has 0 saturated carbocycles. The van der Waals surface area contributed by atoms with Gasteiger partial charge in [-0.1, -0.05) is 0 Å². The number of aromatic nitrogens is 3. The average Bonchev–Trinajstić information content (AvgIpc) is 3.02. The second-order valence-electron chi connectivity index (χ2n) is 5.87. The van der Waals surface area contributed by atoms with Crippen molar-refractivity contribution in [2.24, 2.45) is 0 Å². The lowest BCUT2D eigenvalue weighted by Gasteiger charge is -2.38. The Morgan fingerprint density at radius 1 is 1.50 bits per heavy atom. The summed E-state index contributed by atoms with van der Waals surface area (Å²) < 4.78 is 5.85. The number of imidazole rings is 1. The minimum atomic E-state index is -0.780. The number of likely N-dealkylation sites (N-methyl/N-ethyl adjacent to an activating group) is 1. The number of rotatable bonds is 5. The number of amides is 1. The normalized spacial score (nSPS) is 27.1. The van der Waals surface area contributed by atoms with Gasteiger partial charge in [0.1, 0.15) is 11.6 Å². The summed E-state index contributed by atoms with van der Waals surface area (Å²) in [5.41, 5.74) is 1.54. The number of ether oxygens (including phenoxy) is 1. The van der Waals surface area contributed by atoms with E-state index in [9.17, 15) is 9.90 Å². The Morgan fingerprint density at radius 2 is 2.33 bits per heavy atom. The van der Waals surface area contributed by atoms with E-state index in [0.29, 0.717) is 17.8 Å². The zero-order valence-electron chi connectivity index (χ0n) is 13.6. The van der Waals surface area contributed by atoms with E-state index in [2.05, 4.69) is 30.9 Å². The van der Waals surface area contributed by atoms with Gasteiger partial charge in [-0.3, -0.25) is 4.79 Å². The molecule has 0 bridgehead atoms. The van der Waals surface area contributed by atoms with Crippen molar-refractivity contribution in [2.45, 2.75) is 37.8 Å². The lowest BCUT2D eigenvalue weighted by Crippen LogP contribution is -2.56. The van der Waals surface area contributed by atoms with Crippen LogP contribution in [0.3, 0.4) is 0 Å². The summed E-state index contributed by atoms with van der Waals surface area (Å²) in [6, 6.07) is 1.58. The van der Waals surface area contributed by atoms with E-state index in [4.69, 9.17) is 4.74 Å². The van der Waals surface area contributed by atoms with Crippen molar-refractivity contribution in [3.63, 3.8) is 0 Å². The second kappa shape index (κ2) is 7.12. The fourth-order valence-corrected chi connectivity index (χ4v) is 2.82. The predicted octanol–water partition coefficient (Wildman–Crippen LogP) is -0.430. The van der Waals surface area contributed by atoms with Gasteiger partial charge in [-0.05, 0) is 20.0 Å². The Bertz CT molecular complexity index is 705. The maximum absolute atomic E-state index is 11.7. The molecule has 1 aliphatic heterocycles. The number of aliphatic hydroxyl groups excluding tert-OH is 1. The van der Waals surface area contributed by atoms with Crippen LogP contribution < -0.4 is 16.0 Å². The number of nitrogens with zero attached hydrogens (tertiary/aromatic N) is 2. The summed E-state index contributed by atoms with van der Waals surface area (Å²) in [5.74, 6) is 0.419. The Kier molecular flexibility index (Phi) is 4.93. The van der Waals surface area contributed by atoms with Crippen molar-refractivity contribution in [3.05, 3.63) is 18.6 Å². The molecule has 4 atom stereocenters. The summed E-state index contributed by atoms with van der Waals surface area (Å²) in [6.45, 7) is 2.10. The van der Waals surface area contributed by atoms with Crippen molar-refractivity contribution in [2.75, 3.05) is 18.9 Å². The minimum Gasteiger partial charge on any atom is -0.388 e. The lowest BCUT2D eigenvalue weighted by atomic mass is 9.99. The Balaban J connectivity index is 1.66. The van der Waals surface area contributed by atoms with Gasteiger partial charge >= 0.3 is 0 Å². The summed E-state index contributed by atoms with van der Waals surface area (Å²) >= 11 is 0. The average molecular weight is 334 g/mol. The first kappa shape index (κ1) is 16.6. The van der Waals surface area contributed by atoms with Crippen molar-refractivity contribution in [1.82, 2.24) is 25.6 Å². The highest BCUT2D eigenvalue weighted by Crippen LogP contribution is 2.24. The molecule has 24 heavy (non-hydrogen) atoms. The van der Waals surface area contributed by atoms with Gasteiger partial charge in [-0.15, -0.1) is 0 Å². The van der Waals surface area contributed by atoms with Gasteiger partial charge in [0.25, 0.3) is 0 Å². The van der Waals surface area contributed by atoms with Gasteiger partial charge in [0.15, 0.2) is 12.0 Å². The molecule has 1 aliphatic rings. The third-order valence-electron chi connectivity index (χ3n) is 4.07. The summed E-state index contributed by atoms with van der Waals surface area (Å²) in [7, 11) is 1.71. The number of H-pyrrole nitrogens is 1. The molecule has 1 saturated heterocycles. The minimum absolute atomic E-state index is 0.125. The van der Waals surface area contributed by atoms with Crippen molar-refractivity contribution >= 4 is 22.8 Å². The zero-order valence-corrected chi connectivity index (χ0v) is 13.6. The highest BCUT2D eigenvalue weighted by molar-refractivity contribution is 5.85. The molecule has 0 unspecified atom stereocenters. The number of fused-ring (bicyclic) bond motifs is 1. The van der Waals surface area contributed by atoms with Gasteiger partial charge in [0, 0.05) is 12.6 Å². The van der Waals surface area contributed by atoms with Crippen LogP contribution >= 0.6 is 0 Å². The number of aliphatic hydroxyl groups is 1. The molecule has 2 aromatic rings. The number of hydrogen-bond donors (Lipinski definition) is 5. The van der Waals surface area contributed by atoms with E-state index in [1.807, 2.05) is 13.0 Å². The molecule has 3 rings (SSSR count). The lowest BCUT2D eigenvalue weighted by molar-refractivity contribution is -0.132. The number of aromatic amines is 1. The highest BCUT2D eigenvalue weighted by Gasteiger charge is 2.36. The molecule has 0 spiro atoms. The summed E-state index contributed by atoms with van der Waals surface area (Å²) in [4.78, 5) is 23.2. The Morgan fingerprint density at radius 3 is 3.12 bits per heavy atom. The Hall–Kier alpha value is -2.23. The molecule has 5 N–H and O–H groups in total. The zero-order chi connectivity index (χ0) is 17.1. The number of hydrogen-bond acceptors (Lipinski definition) is 7. The first-order valence-electron chi connectivity index (χ1n) is 7.90. The SMILES string of the molecule is CNCC(=O)N[C@@H]1C[C@@H](O)[C@@H](Nc2nccc3[nH]cnc23)O[C@H]1C. The fourth-order valence-electron chi connectivity index (χ4n) is 2.82. The first-order chi connectivity index (χ1) is 11.6. The molecule has 0 aromatic carbocycles. The maximum atomic E-state index is 11.7. The van der Waals surface area contributed by atoms with Crippen LogP contribution in [-0.4, -0.2) is 64.0 Å². The van der Waals surface area contributed by atoms with Crippen LogP contribution in [0.5, 0.6) is 0 Å². The van der Waals surface area contributed by atoms with Crippen molar-refractivity contribution in [3.8, 4) is 0 Å². The van der Waals surface area contributed by atoms with Crippen molar-refractivity contribution < 1.29 is 14.6 Å². The van der Waals surface area contributed by atoms with Crippen LogP contribution in [0, 0.1) is 0 Å².